The lowest BCUT2D eigenvalue weighted by atomic mass is 9.94. The van der Waals surface area contributed by atoms with E-state index < -0.39 is 38.3 Å². The van der Waals surface area contributed by atoms with Crippen LogP contribution in [0.15, 0.2) is 23.1 Å². The molecule has 0 amide bonds. The van der Waals surface area contributed by atoms with E-state index in [1.807, 2.05) is 0 Å². The summed E-state index contributed by atoms with van der Waals surface area (Å²) in [5, 5.41) is 9.36. The Kier molecular flexibility index (Phi) is 4.68. The van der Waals surface area contributed by atoms with Gasteiger partial charge in [-0.25, -0.2) is 4.79 Å². The molecule has 0 atom stereocenters. The van der Waals surface area contributed by atoms with E-state index in [-0.39, 0.29) is 23.8 Å². The van der Waals surface area contributed by atoms with Gasteiger partial charge in [-0.3, -0.25) is 9.47 Å². The SMILES string of the molecule is COc1cc2c(cc1OS(=O)(=O)C(F)(F)F)CNn1cc(C(=O)O)c(=O)c(C3CC3)c1-2. The summed E-state index contributed by atoms with van der Waals surface area (Å²) in [5.74, 6) is -2.50. The van der Waals surface area contributed by atoms with Crippen molar-refractivity contribution in [2.24, 2.45) is 0 Å². The van der Waals surface area contributed by atoms with Crippen LogP contribution in [0.2, 0.25) is 0 Å². The fourth-order valence-electron chi connectivity index (χ4n) is 3.47. The normalized spacial score (nSPS) is 15.5. The summed E-state index contributed by atoms with van der Waals surface area (Å²) < 4.78 is 71.7. The second kappa shape index (κ2) is 6.90. The van der Waals surface area contributed by atoms with Gasteiger partial charge in [0.05, 0.1) is 19.3 Å². The van der Waals surface area contributed by atoms with Gasteiger partial charge in [-0.2, -0.15) is 21.6 Å². The van der Waals surface area contributed by atoms with Crippen LogP contribution in [0.4, 0.5) is 13.2 Å². The summed E-state index contributed by atoms with van der Waals surface area (Å²) in [5.41, 5.74) is -2.46. The van der Waals surface area contributed by atoms with Crippen molar-refractivity contribution in [1.82, 2.24) is 4.68 Å². The number of alkyl halides is 3. The van der Waals surface area contributed by atoms with Gasteiger partial charge in [0.15, 0.2) is 16.9 Å². The zero-order chi connectivity index (χ0) is 22.7. The van der Waals surface area contributed by atoms with Gasteiger partial charge in [0.1, 0.15) is 5.56 Å². The molecule has 2 aromatic rings. The maximum atomic E-state index is 12.8. The summed E-state index contributed by atoms with van der Waals surface area (Å²) in [6, 6.07) is 2.36. The van der Waals surface area contributed by atoms with E-state index in [2.05, 4.69) is 9.61 Å². The number of benzene rings is 1. The largest absolute Gasteiger partial charge is 0.534 e. The molecule has 0 unspecified atom stereocenters. The number of aromatic carboxylic acids is 1. The molecule has 9 nitrogen and oxygen atoms in total. The summed E-state index contributed by atoms with van der Waals surface area (Å²) in [4.78, 5) is 24.3. The van der Waals surface area contributed by atoms with Crippen LogP contribution < -0.4 is 19.8 Å². The lowest BCUT2D eigenvalue weighted by Gasteiger charge is -2.27. The molecule has 0 spiro atoms. The first kappa shape index (κ1) is 21.0. The van der Waals surface area contributed by atoms with Crippen LogP contribution in [0.1, 0.15) is 40.2 Å². The molecule has 13 heteroatoms. The predicted molar refractivity (Wildman–Crippen MR) is 100 cm³/mol. The number of rotatable bonds is 5. The molecule has 2 heterocycles. The van der Waals surface area contributed by atoms with Crippen molar-refractivity contribution in [3.8, 4) is 22.8 Å². The molecule has 1 saturated carbocycles. The number of nitrogens with zero attached hydrogens (tertiary/aromatic N) is 1. The van der Waals surface area contributed by atoms with Crippen molar-refractivity contribution < 1.29 is 40.4 Å². The molecule has 1 fully saturated rings. The molecule has 2 N–H and O–H groups in total. The maximum Gasteiger partial charge on any atom is 0.534 e. The van der Waals surface area contributed by atoms with Crippen LogP contribution in [0.5, 0.6) is 11.5 Å². The molecule has 4 rings (SSSR count). The third kappa shape index (κ3) is 3.48. The lowest BCUT2D eigenvalue weighted by molar-refractivity contribution is -0.0500. The van der Waals surface area contributed by atoms with Crippen LogP contribution in [0, 0.1) is 0 Å². The first-order valence-electron chi connectivity index (χ1n) is 8.93. The third-order valence-corrected chi connectivity index (χ3v) is 5.99. The van der Waals surface area contributed by atoms with Crippen LogP contribution in [-0.2, 0) is 16.7 Å². The second-order valence-electron chi connectivity index (χ2n) is 7.06. The standard InChI is InChI=1S/C18H15F3N2O7S/c1-29-12-5-10-9(4-13(12)30-31(27,28)18(19,20)21)6-22-23-7-11(17(25)26)16(24)14(15(10)23)8-2-3-8/h4-5,7-8,22H,2-3,6H2,1H3,(H,25,26). The number of carbonyl (C=O) groups is 1. The second-order valence-corrected chi connectivity index (χ2v) is 8.60. The van der Waals surface area contributed by atoms with Crippen LogP contribution >= 0.6 is 0 Å². The minimum Gasteiger partial charge on any atom is -0.493 e. The number of carboxylic acids is 1. The molecule has 166 valence electrons. The molecule has 1 aliphatic heterocycles. The minimum absolute atomic E-state index is 0.000783. The summed E-state index contributed by atoms with van der Waals surface area (Å²) in [7, 11) is -4.80. The van der Waals surface area contributed by atoms with Crippen LogP contribution in [0.3, 0.4) is 0 Å². The summed E-state index contributed by atoms with van der Waals surface area (Å²) in [6.45, 7) is 0.000783. The van der Waals surface area contributed by atoms with E-state index in [9.17, 15) is 36.3 Å². The Hall–Kier alpha value is -3.22. The first-order chi connectivity index (χ1) is 14.4. The smallest absolute Gasteiger partial charge is 0.493 e. The number of aromatic nitrogens is 1. The van der Waals surface area contributed by atoms with Crippen molar-refractivity contribution in [2.75, 3.05) is 12.5 Å². The molecule has 1 aliphatic carbocycles. The van der Waals surface area contributed by atoms with E-state index >= 15 is 0 Å². The Balaban J connectivity index is 1.91. The Morgan fingerprint density at radius 2 is 1.94 bits per heavy atom. The number of carboxylic acid groups (broad SMARTS) is 1. The van der Waals surface area contributed by atoms with Crippen molar-refractivity contribution in [1.29, 1.82) is 0 Å². The topological polar surface area (TPSA) is 124 Å². The first-order valence-corrected chi connectivity index (χ1v) is 10.3. The lowest BCUT2D eigenvalue weighted by Crippen LogP contribution is -2.31. The number of fused-ring (bicyclic) bond motifs is 3. The van der Waals surface area contributed by atoms with Gasteiger partial charge in [-0.05, 0) is 36.5 Å². The number of methoxy groups -OCH3 is 1. The Morgan fingerprint density at radius 1 is 1.26 bits per heavy atom. The van der Waals surface area contributed by atoms with Gasteiger partial charge in [0.25, 0.3) is 0 Å². The molecule has 1 aromatic heterocycles. The quantitative estimate of drug-likeness (QED) is 0.515. The number of nitrogens with one attached hydrogen (secondary N) is 1. The monoisotopic (exact) mass is 460 g/mol. The number of halogens is 3. The molecule has 1 aromatic carbocycles. The molecule has 31 heavy (non-hydrogen) atoms. The third-order valence-electron chi connectivity index (χ3n) is 5.03. The van der Waals surface area contributed by atoms with Crippen LogP contribution in [-0.4, -0.2) is 36.8 Å². The van der Waals surface area contributed by atoms with Gasteiger partial charge in [-0.1, -0.05) is 0 Å². The highest BCUT2D eigenvalue weighted by molar-refractivity contribution is 7.88. The van der Waals surface area contributed by atoms with E-state index in [0.717, 1.165) is 19.4 Å². The highest BCUT2D eigenvalue weighted by Gasteiger charge is 2.49. The van der Waals surface area contributed by atoms with E-state index in [1.165, 1.54) is 10.7 Å². The zero-order valence-electron chi connectivity index (χ0n) is 15.8. The number of hydrogen-bond acceptors (Lipinski definition) is 7. The number of hydrogen-bond donors (Lipinski definition) is 2. The fraction of sp³-hybridized carbons (Fsp3) is 0.333. The van der Waals surface area contributed by atoms with Crippen molar-refractivity contribution in [3.05, 3.63) is 45.2 Å². The van der Waals surface area contributed by atoms with Crippen molar-refractivity contribution >= 4 is 16.1 Å². The van der Waals surface area contributed by atoms with Gasteiger partial charge in [-0.15, -0.1) is 0 Å². The van der Waals surface area contributed by atoms with Gasteiger partial charge in [0, 0.05) is 17.3 Å². The van der Waals surface area contributed by atoms with Crippen molar-refractivity contribution in [2.45, 2.75) is 30.8 Å². The van der Waals surface area contributed by atoms with E-state index in [0.29, 0.717) is 29.7 Å². The Morgan fingerprint density at radius 3 is 2.48 bits per heavy atom. The average Bonchev–Trinajstić information content (AvgIpc) is 3.50. The molecule has 0 radical (unpaired) electrons. The van der Waals surface area contributed by atoms with E-state index in [4.69, 9.17) is 4.74 Å². The zero-order valence-corrected chi connectivity index (χ0v) is 16.6. The van der Waals surface area contributed by atoms with Gasteiger partial charge >= 0.3 is 21.6 Å². The molecule has 0 bridgehead atoms. The average molecular weight is 460 g/mol. The maximum absolute atomic E-state index is 12.8. The molecule has 0 saturated heterocycles. The van der Waals surface area contributed by atoms with Crippen LogP contribution in [0.25, 0.3) is 11.3 Å². The van der Waals surface area contributed by atoms with Crippen molar-refractivity contribution in [3.63, 3.8) is 0 Å². The molecular formula is C18H15F3N2O7S. The Bertz CT molecular complexity index is 1260. The van der Waals surface area contributed by atoms with Gasteiger partial charge in [0.2, 0.25) is 0 Å². The Labute approximate surface area is 173 Å². The number of ether oxygens (including phenoxy) is 1. The molecular weight excluding hydrogens is 445 g/mol. The summed E-state index contributed by atoms with van der Waals surface area (Å²) >= 11 is 0. The predicted octanol–water partition coefficient (Wildman–Crippen LogP) is 2.39. The van der Waals surface area contributed by atoms with Gasteiger partial charge < -0.3 is 19.5 Å². The highest BCUT2D eigenvalue weighted by atomic mass is 32.2. The number of pyridine rings is 1. The highest BCUT2D eigenvalue weighted by Crippen LogP contribution is 2.46. The van der Waals surface area contributed by atoms with E-state index in [1.54, 1.807) is 0 Å². The fourth-order valence-corrected chi connectivity index (χ4v) is 3.93. The molecule has 2 aliphatic rings. The summed E-state index contributed by atoms with van der Waals surface area (Å²) in [6.07, 6.45) is 2.51. The minimum atomic E-state index is -5.92.